The summed E-state index contributed by atoms with van der Waals surface area (Å²) in [6.45, 7) is 2.33. The lowest BCUT2D eigenvalue weighted by molar-refractivity contribution is -0.386. The minimum Gasteiger partial charge on any atom is -0.486 e. The molecule has 0 radical (unpaired) electrons. The monoisotopic (exact) mass is 244 g/mol. The van der Waals surface area contributed by atoms with Gasteiger partial charge in [0.2, 0.25) is 5.75 Å². The summed E-state index contributed by atoms with van der Waals surface area (Å²) >= 11 is 0. The number of nitro benzene ring substituents is 1. The molecule has 2 rings (SSSR count). The number of nitro groups is 1. The van der Waals surface area contributed by atoms with Gasteiger partial charge in [-0.25, -0.2) is 0 Å². The number of ether oxygens (including phenoxy) is 1. The predicted octanol–water partition coefficient (Wildman–Crippen LogP) is 2.11. The minimum absolute atomic E-state index is 0. The molecule has 1 atom stereocenters. The van der Waals surface area contributed by atoms with Crippen LogP contribution < -0.4 is 10.5 Å². The lowest BCUT2D eigenvalue weighted by atomic mass is 9.96. The lowest BCUT2D eigenvalue weighted by Crippen LogP contribution is -2.22. The zero-order valence-corrected chi connectivity index (χ0v) is 9.62. The molecule has 0 saturated carbocycles. The highest BCUT2D eigenvalue weighted by molar-refractivity contribution is 5.85. The second-order valence-electron chi connectivity index (χ2n) is 3.65. The number of rotatable bonds is 1. The van der Waals surface area contributed by atoms with Crippen molar-refractivity contribution < 1.29 is 9.66 Å². The predicted molar refractivity (Wildman–Crippen MR) is 62.1 cm³/mol. The third-order valence-corrected chi connectivity index (χ3v) is 2.64. The van der Waals surface area contributed by atoms with Crippen LogP contribution in [0.2, 0.25) is 0 Å². The zero-order valence-electron chi connectivity index (χ0n) is 8.80. The molecule has 2 N–H and O–H groups in total. The van der Waals surface area contributed by atoms with Crippen LogP contribution >= 0.6 is 12.4 Å². The van der Waals surface area contributed by atoms with Gasteiger partial charge in [0.1, 0.15) is 0 Å². The highest BCUT2D eigenvalue weighted by atomic mass is 35.5. The van der Waals surface area contributed by atoms with E-state index in [0.29, 0.717) is 18.8 Å². The standard InChI is InChI=1S/C10H12N2O3.ClH/c1-6-2-3-8(12(13)14)10-9(6)7(11)4-5-15-10;/h2-3,7H,4-5,11H2,1H3;1H/t7-;/m1./s1. The molecular formula is C10H13ClN2O3. The summed E-state index contributed by atoms with van der Waals surface area (Å²) in [7, 11) is 0. The van der Waals surface area contributed by atoms with Gasteiger partial charge in [0, 0.05) is 24.1 Å². The third-order valence-electron chi connectivity index (χ3n) is 2.64. The van der Waals surface area contributed by atoms with E-state index in [-0.39, 0.29) is 24.1 Å². The molecule has 1 aliphatic rings. The fourth-order valence-corrected chi connectivity index (χ4v) is 1.88. The lowest BCUT2D eigenvalue weighted by Gasteiger charge is -2.24. The van der Waals surface area contributed by atoms with Crippen molar-refractivity contribution in [3.8, 4) is 5.75 Å². The van der Waals surface area contributed by atoms with E-state index >= 15 is 0 Å². The van der Waals surface area contributed by atoms with E-state index in [1.54, 1.807) is 6.07 Å². The second-order valence-corrected chi connectivity index (χ2v) is 3.65. The average molecular weight is 245 g/mol. The topological polar surface area (TPSA) is 78.4 Å². The van der Waals surface area contributed by atoms with Crippen molar-refractivity contribution in [3.63, 3.8) is 0 Å². The summed E-state index contributed by atoms with van der Waals surface area (Å²) in [4.78, 5) is 10.3. The minimum atomic E-state index is -0.434. The van der Waals surface area contributed by atoms with Gasteiger partial charge < -0.3 is 10.5 Å². The van der Waals surface area contributed by atoms with Gasteiger partial charge in [0.25, 0.3) is 0 Å². The Morgan fingerprint density at radius 1 is 1.56 bits per heavy atom. The Balaban J connectivity index is 0.00000128. The van der Waals surface area contributed by atoms with Crippen molar-refractivity contribution in [2.75, 3.05) is 6.61 Å². The first kappa shape index (κ1) is 12.7. The molecule has 1 aliphatic heterocycles. The van der Waals surface area contributed by atoms with Gasteiger partial charge in [0.15, 0.2) is 0 Å². The first-order valence-corrected chi connectivity index (χ1v) is 4.77. The number of nitrogens with two attached hydrogens (primary N) is 1. The Morgan fingerprint density at radius 2 is 2.25 bits per heavy atom. The van der Waals surface area contributed by atoms with Gasteiger partial charge in [-0.1, -0.05) is 6.07 Å². The van der Waals surface area contributed by atoms with Crippen LogP contribution in [0.15, 0.2) is 12.1 Å². The second kappa shape index (κ2) is 4.67. The van der Waals surface area contributed by atoms with Crippen molar-refractivity contribution in [3.05, 3.63) is 33.4 Å². The Kier molecular flexibility index (Phi) is 3.72. The Hall–Kier alpha value is -1.33. The quantitative estimate of drug-likeness (QED) is 0.606. The van der Waals surface area contributed by atoms with Crippen LogP contribution in [0.1, 0.15) is 23.6 Å². The van der Waals surface area contributed by atoms with Crippen LogP contribution in [0.25, 0.3) is 0 Å². The number of benzene rings is 1. The smallest absolute Gasteiger partial charge is 0.311 e. The molecule has 0 aliphatic carbocycles. The zero-order chi connectivity index (χ0) is 11.0. The maximum Gasteiger partial charge on any atom is 0.311 e. The van der Waals surface area contributed by atoms with E-state index in [4.69, 9.17) is 10.5 Å². The van der Waals surface area contributed by atoms with Gasteiger partial charge in [-0.05, 0) is 12.5 Å². The number of nitrogens with zero attached hydrogens (tertiary/aromatic N) is 1. The Morgan fingerprint density at radius 3 is 2.88 bits per heavy atom. The molecule has 88 valence electrons. The summed E-state index contributed by atoms with van der Waals surface area (Å²) < 4.78 is 5.35. The van der Waals surface area contributed by atoms with E-state index in [9.17, 15) is 10.1 Å². The summed E-state index contributed by atoms with van der Waals surface area (Å²) in [5, 5.41) is 10.8. The average Bonchev–Trinajstić information content (AvgIpc) is 2.17. The molecule has 0 amide bonds. The molecule has 1 aromatic rings. The Labute approximate surface area is 99.1 Å². The van der Waals surface area contributed by atoms with Crippen LogP contribution in [0, 0.1) is 17.0 Å². The molecule has 0 saturated heterocycles. The highest BCUT2D eigenvalue weighted by Crippen LogP contribution is 2.40. The third kappa shape index (κ3) is 1.96. The van der Waals surface area contributed by atoms with Crippen LogP contribution in [0.4, 0.5) is 5.69 Å². The normalized spacial score (nSPS) is 18.0. The number of fused-ring (bicyclic) bond motifs is 1. The fourth-order valence-electron chi connectivity index (χ4n) is 1.88. The molecule has 6 heteroatoms. The first-order valence-electron chi connectivity index (χ1n) is 4.77. The highest BCUT2D eigenvalue weighted by Gasteiger charge is 2.27. The summed E-state index contributed by atoms with van der Waals surface area (Å²) in [5.74, 6) is 0.346. The van der Waals surface area contributed by atoms with Crippen molar-refractivity contribution in [2.45, 2.75) is 19.4 Å². The van der Waals surface area contributed by atoms with Crippen LogP contribution in [-0.4, -0.2) is 11.5 Å². The van der Waals surface area contributed by atoms with Crippen LogP contribution in [0.5, 0.6) is 5.75 Å². The van der Waals surface area contributed by atoms with E-state index in [2.05, 4.69) is 0 Å². The number of halogens is 1. The summed E-state index contributed by atoms with van der Waals surface area (Å²) in [6, 6.07) is 3.02. The van der Waals surface area contributed by atoms with Crippen molar-refractivity contribution in [1.82, 2.24) is 0 Å². The molecule has 16 heavy (non-hydrogen) atoms. The number of hydrogen-bond donors (Lipinski definition) is 1. The van der Waals surface area contributed by atoms with Crippen LogP contribution in [-0.2, 0) is 0 Å². The molecule has 1 aromatic carbocycles. The van der Waals surface area contributed by atoms with Crippen molar-refractivity contribution >= 4 is 18.1 Å². The first-order chi connectivity index (χ1) is 7.11. The maximum absolute atomic E-state index is 10.8. The fraction of sp³-hybridized carbons (Fsp3) is 0.400. The van der Waals surface area contributed by atoms with Gasteiger partial charge in [-0.3, -0.25) is 10.1 Å². The molecule has 0 bridgehead atoms. The van der Waals surface area contributed by atoms with Crippen molar-refractivity contribution in [1.29, 1.82) is 0 Å². The molecule has 0 unspecified atom stereocenters. The maximum atomic E-state index is 10.8. The van der Waals surface area contributed by atoms with E-state index in [0.717, 1.165) is 11.1 Å². The summed E-state index contributed by atoms with van der Waals surface area (Å²) in [5.41, 5.74) is 7.64. The van der Waals surface area contributed by atoms with Gasteiger partial charge >= 0.3 is 5.69 Å². The van der Waals surface area contributed by atoms with Crippen LogP contribution in [0.3, 0.4) is 0 Å². The molecule has 1 heterocycles. The molecular weight excluding hydrogens is 232 g/mol. The summed E-state index contributed by atoms with van der Waals surface area (Å²) in [6.07, 6.45) is 0.703. The number of aryl methyl sites for hydroxylation is 1. The number of hydrogen-bond acceptors (Lipinski definition) is 4. The van der Waals surface area contributed by atoms with E-state index in [1.165, 1.54) is 6.07 Å². The molecule has 5 nitrogen and oxygen atoms in total. The molecule has 0 fully saturated rings. The van der Waals surface area contributed by atoms with E-state index in [1.807, 2.05) is 6.92 Å². The molecule has 0 aromatic heterocycles. The van der Waals surface area contributed by atoms with E-state index < -0.39 is 4.92 Å². The largest absolute Gasteiger partial charge is 0.486 e. The molecule has 0 spiro atoms. The van der Waals surface area contributed by atoms with Crippen molar-refractivity contribution in [2.24, 2.45) is 5.73 Å². The van der Waals surface area contributed by atoms with Gasteiger partial charge in [0.05, 0.1) is 11.5 Å². The Bertz CT molecular complexity index is 423. The van der Waals surface area contributed by atoms with Gasteiger partial charge in [-0.15, -0.1) is 12.4 Å². The SMILES string of the molecule is Cc1ccc([N+](=O)[O-])c2c1[C@H](N)CCO2.Cl. The van der Waals surface area contributed by atoms with Gasteiger partial charge in [-0.2, -0.15) is 0 Å².